The van der Waals surface area contributed by atoms with Crippen LogP contribution in [0.4, 0.5) is 5.69 Å². The lowest BCUT2D eigenvalue weighted by molar-refractivity contribution is -0.138. The van der Waals surface area contributed by atoms with E-state index in [0.717, 1.165) is 0 Å². The molecule has 0 heterocycles. The molecule has 2 amide bonds. The molecule has 0 aromatic heterocycles. The van der Waals surface area contributed by atoms with Crippen molar-refractivity contribution in [2.45, 2.75) is 39.7 Å². The van der Waals surface area contributed by atoms with Gasteiger partial charge in [0.15, 0.2) is 0 Å². The van der Waals surface area contributed by atoms with E-state index in [1.165, 1.54) is 6.92 Å². The summed E-state index contributed by atoms with van der Waals surface area (Å²) < 4.78 is 0. The number of amides is 2. The molecular formula is C16H22N2O4. The number of carboxylic acids is 1. The van der Waals surface area contributed by atoms with Crippen LogP contribution in [-0.4, -0.2) is 28.4 Å². The minimum atomic E-state index is -0.961. The highest BCUT2D eigenvalue weighted by molar-refractivity contribution is 5.96. The topological polar surface area (TPSA) is 95.5 Å². The maximum absolute atomic E-state index is 12.3. The monoisotopic (exact) mass is 306 g/mol. The van der Waals surface area contributed by atoms with Crippen LogP contribution in [0, 0.1) is 5.92 Å². The van der Waals surface area contributed by atoms with E-state index < -0.39 is 11.5 Å². The number of carboxylic acid groups (broad SMARTS) is 1. The fourth-order valence-electron chi connectivity index (χ4n) is 1.95. The van der Waals surface area contributed by atoms with Crippen molar-refractivity contribution >= 4 is 23.5 Å². The van der Waals surface area contributed by atoms with Crippen LogP contribution < -0.4 is 10.6 Å². The molecule has 0 aliphatic rings. The molecule has 0 saturated carbocycles. The lowest BCUT2D eigenvalue weighted by Crippen LogP contribution is -2.51. The van der Waals surface area contributed by atoms with Crippen molar-refractivity contribution in [3.05, 3.63) is 29.8 Å². The van der Waals surface area contributed by atoms with E-state index in [1.54, 1.807) is 31.2 Å². The normalized spacial score (nSPS) is 13.3. The highest BCUT2D eigenvalue weighted by Crippen LogP contribution is 2.22. The number of nitrogens with one attached hydrogen (secondary N) is 2. The predicted molar refractivity (Wildman–Crippen MR) is 83.7 cm³/mol. The highest BCUT2D eigenvalue weighted by Gasteiger charge is 2.33. The van der Waals surface area contributed by atoms with E-state index in [4.69, 9.17) is 5.11 Å². The fraction of sp³-hybridized carbons (Fsp3) is 0.438. The van der Waals surface area contributed by atoms with Crippen molar-refractivity contribution in [2.75, 3.05) is 5.32 Å². The number of aliphatic carboxylic acids is 1. The summed E-state index contributed by atoms with van der Waals surface area (Å²) in [6, 6.07) is 6.42. The van der Waals surface area contributed by atoms with Crippen LogP contribution in [0.3, 0.4) is 0 Å². The van der Waals surface area contributed by atoms with Gasteiger partial charge in [-0.15, -0.1) is 0 Å². The average Bonchev–Trinajstić information content (AvgIpc) is 2.37. The maximum atomic E-state index is 12.3. The Morgan fingerprint density at radius 2 is 1.73 bits per heavy atom. The molecule has 6 nitrogen and oxygen atoms in total. The molecule has 22 heavy (non-hydrogen) atoms. The van der Waals surface area contributed by atoms with Gasteiger partial charge in [0.05, 0.1) is 12.0 Å². The molecule has 3 N–H and O–H groups in total. The summed E-state index contributed by atoms with van der Waals surface area (Å²) in [6.07, 6.45) is -0.152. The third kappa shape index (κ3) is 4.87. The summed E-state index contributed by atoms with van der Waals surface area (Å²) in [7, 11) is 0. The highest BCUT2D eigenvalue weighted by atomic mass is 16.4. The van der Waals surface area contributed by atoms with Gasteiger partial charge in [0.25, 0.3) is 5.91 Å². The molecule has 1 atom stereocenters. The Morgan fingerprint density at radius 1 is 1.18 bits per heavy atom. The molecule has 1 aromatic rings. The molecule has 0 spiro atoms. The Bertz CT molecular complexity index is 566. The summed E-state index contributed by atoms with van der Waals surface area (Å²) in [5, 5.41) is 14.4. The van der Waals surface area contributed by atoms with Gasteiger partial charge in [0.2, 0.25) is 5.91 Å². The third-order valence-corrected chi connectivity index (χ3v) is 3.66. The van der Waals surface area contributed by atoms with Crippen molar-refractivity contribution < 1.29 is 19.5 Å². The van der Waals surface area contributed by atoms with E-state index in [1.807, 2.05) is 13.8 Å². The number of rotatable bonds is 6. The summed E-state index contributed by atoms with van der Waals surface area (Å²) in [4.78, 5) is 34.2. The van der Waals surface area contributed by atoms with Gasteiger partial charge in [-0.05, 0) is 37.1 Å². The van der Waals surface area contributed by atoms with E-state index in [9.17, 15) is 14.4 Å². The number of hydrogen-bond acceptors (Lipinski definition) is 3. The van der Waals surface area contributed by atoms with Crippen molar-refractivity contribution in [3.8, 4) is 0 Å². The van der Waals surface area contributed by atoms with Gasteiger partial charge >= 0.3 is 5.97 Å². The van der Waals surface area contributed by atoms with Crippen LogP contribution >= 0.6 is 0 Å². The molecule has 6 heteroatoms. The lowest BCUT2D eigenvalue weighted by atomic mass is 9.85. The molecule has 0 radical (unpaired) electrons. The molecule has 120 valence electrons. The number of benzene rings is 1. The number of carbonyl (C=O) groups is 3. The summed E-state index contributed by atoms with van der Waals surface area (Å²) >= 11 is 0. The van der Waals surface area contributed by atoms with Crippen LogP contribution in [0.2, 0.25) is 0 Å². The molecule has 0 bridgehead atoms. The van der Waals surface area contributed by atoms with Crippen LogP contribution in [0.25, 0.3) is 0 Å². The second kappa shape index (κ2) is 7.06. The zero-order valence-electron chi connectivity index (χ0n) is 13.3. The number of hydrogen-bond donors (Lipinski definition) is 3. The first-order valence-corrected chi connectivity index (χ1v) is 7.06. The van der Waals surface area contributed by atoms with Gasteiger partial charge in [-0.25, -0.2) is 0 Å². The van der Waals surface area contributed by atoms with E-state index in [-0.39, 0.29) is 24.2 Å². The predicted octanol–water partition coefficient (Wildman–Crippen LogP) is 2.26. The van der Waals surface area contributed by atoms with Gasteiger partial charge in [-0.1, -0.05) is 13.8 Å². The minimum absolute atomic E-state index is 0.0359. The first kappa shape index (κ1) is 17.7. The molecule has 1 unspecified atom stereocenters. The Hall–Kier alpha value is -2.37. The molecule has 0 fully saturated rings. The van der Waals surface area contributed by atoms with Crippen molar-refractivity contribution in [3.63, 3.8) is 0 Å². The third-order valence-electron chi connectivity index (χ3n) is 3.66. The Morgan fingerprint density at radius 3 is 2.14 bits per heavy atom. The first-order chi connectivity index (χ1) is 10.1. The van der Waals surface area contributed by atoms with Gasteiger partial charge in [0, 0.05) is 18.2 Å². The molecule has 0 aliphatic heterocycles. The Balaban J connectivity index is 2.86. The molecule has 1 aromatic carbocycles. The molecule has 1 rings (SSSR count). The fourth-order valence-corrected chi connectivity index (χ4v) is 1.95. The van der Waals surface area contributed by atoms with E-state index in [0.29, 0.717) is 11.3 Å². The smallest absolute Gasteiger partial charge is 0.305 e. The van der Waals surface area contributed by atoms with Crippen LogP contribution in [0.1, 0.15) is 44.5 Å². The lowest BCUT2D eigenvalue weighted by Gasteiger charge is -2.33. The first-order valence-electron chi connectivity index (χ1n) is 7.06. The van der Waals surface area contributed by atoms with Crippen molar-refractivity contribution in [2.24, 2.45) is 5.92 Å². The summed E-state index contributed by atoms with van der Waals surface area (Å²) in [5.74, 6) is -1.53. The van der Waals surface area contributed by atoms with Crippen LogP contribution in [0.5, 0.6) is 0 Å². The Labute approximate surface area is 129 Å². The van der Waals surface area contributed by atoms with Crippen molar-refractivity contribution in [1.82, 2.24) is 5.32 Å². The zero-order valence-corrected chi connectivity index (χ0v) is 13.3. The number of carbonyl (C=O) groups excluding carboxylic acids is 2. The van der Waals surface area contributed by atoms with Gasteiger partial charge in [-0.3, -0.25) is 14.4 Å². The molecular weight excluding hydrogens is 284 g/mol. The number of anilines is 1. The molecule has 0 aliphatic carbocycles. The zero-order chi connectivity index (χ0) is 16.9. The van der Waals surface area contributed by atoms with Gasteiger partial charge in [0.1, 0.15) is 0 Å². The van der Waals surface area contributed by atoms with E-state index in [2.05, 4.69) is 10.6 Å². The standard InChI is InChI=1S/C16H22N2O4/c1-10(2)16(4,9-14(20)21)18-15(22)12-5-7-13(8-6-12)17-11(3)19/h5-8,10H,9H2,1-4H3,(H,17,19)(H,18,22)(H,20,21). The van der Waals surface area contributed by atoms with E-state index >= 15 is 0 Å². The largest absolute Gasteiger partial charge is 0.481 e. The Kier molecular flexibility index (Phi) is 5.68. The summed E-state index contributed by atoms with van der Waals surface area (Å²) in [6.45, 7) is 6.85. The minimum Gasteiger partial charge on any atom is -0.481 e. The second-order valence-corrected chi connectivity index (χ2v) is 5.86. The maximum Gasteiger partial charge on any atom is 0.305 e. The van der Waals surface area contributed by atoms with Gasteiger partial charge < -0.3 is 15.7 Å². The quantitative estimate of drug-likeness (QED) is 0.751. The van der Waals surface area contributed by atoms with Crippen molar-refractivity contribution in [1.29, 1.82) is 0 Å². The van der Waals surface area contributed by atoms with Gasteiger partial charge in [-0.2, -0.15) is 0 Å². The molecule has 0 saturated heterocycles. The second-order valence-electron chi connectivity index (χ2n) is 5.86. The summed E-state index contributed by atoms with van der Waals surface area (Å²) in [5.41, 5.74) is 0.173. The van der Waals surface area contributed by atoms with Crippen LogP contribution in [-0.2, 0) is 9.59 Å². The average molecular weight is 306 g/mol. The SMILES string of the molecule is CC(=O)Nc1ccc(C(=O)NC(C)(CC(=O)O)C(C)C)cc1. The van der Waals surface area contributed by atoms with Crippen LogP contribution in [0.15, 0.2) is 24.3 Å².